The first-order chi connectivity index (χ1) is 27.0. The number of hydrogen-bond donors (Lipinski definition) is 4. The smallest absolute Gasteiger partial charge is 0.405 e. The van der Waals surface area contributed by atoms with Gasteiger partial charge in [0.15, 0.2) is 0 Å². The lowest BCUT2D eigenvalue weighted by atomic mass is 9.88. The number of nitrogens with zero attached hydrogens (tertiary/aromatic N) is 2. The standard InChI is InChI=1S/C41H48FN5O9S/c1-23-7-5-6-8-27-21-41(27,38(50)46-57(53,54)40(3)15-16-40)45-35(48)33-20-30(22-47(33)37(49)34(24(2)17-23)44-39(51)52)56-36-31-14-13-29(55-4)18-26(31)19-32(43-36)25-9-11-28(42)12-10-25/h6,8-14,18-19,23-24,27,30,33-34,44H,5,7,15-17,20-22H2,1-4H3,(H,45,48)(H,46,50)(H,51,52)/t23-,24+,27+,30+,33-,34-,41+/m0/s1. The maximum atomic E-state index is 14.6. The predicted molar refractivity (Wildman–Crippen MR) is 208 cm³/mol. The maximum Gasteiger partial charge on any atom is 0.405 e. The minimum Gasteiger partial charge on any atom is -0.497 e. The molecule has 57 heavy (non-hydrogen) atoms. The van der Waals surface area contributed by atoms with Crippen LogP contribution in [0.4, 0.5) is 9.18 Å². The van der Waals surface area contributed by atoms with Crippen molar-refractivity contribution in [3.8, 4) is 22.9 Å². The van der Waals surface area contributed by atoms with Crippen LogP contribution in [0.3, 0.4) is 0 Å². The van der Waals surface area contributed by atoms with Gasteiger partial charge in [0.2, 0.25) is 27.7 Å². The number of rotatable bonds is 8. The van der Waals surface area contributed by atoms with Crippen molar-refractivity contribution >= 4 is 44.6 Å². The van der Waals surface area contributed by atoms with E-state index in [0.717, 1.165) is 0 Å². The Bertz CT molecular complexity index is 2230. The van der Waals surface area contributed by atoms with Gasteiger partial charge in [-0.3, -0.25) is 19.1 Å². The van der Waals surface area contributed by atoms with Crippen LogP contribution >= 0.6 is 0 Å². The summed E-state index contributed by atoms with van der Waals surface area (Å²) in [5.74, 6) is -2.70. The van der Waals surface area contributed by atoms with Gasteiger partial charge in [-0.15, -0.1) is 0 Å². The molecule has 0 unspecified atom stereocenters. The number of carboxylic acid groups (broad SMARTS) is 1. The summed E-state index contributed by atoms with van der Waals surface area (Å²) in [6.07, 6.45) is 4.28. The quantitative estimate of drug-likeness (QED) is 0.227. The van der Waals surface area contributed by atoms with Gasteiger partial charge < -0.3 is 30.1 Å². The Kier molecular flexibility index (Phi) is 10.7. The van der Waals surface area contributed by atoms with Crippen LogP contribution in [0.15, 0.2) is 60.7 Å². The highest BCUT2D eigenvalue weighted by molar-refractivity contribution is 7.91. The molecule has 0 spiro atoms. The molecule has 3 aromatic rings. The SMILES string of the molecule is COc1ccc2c(O[C@@H]3C[C@H]4C(=O)N[C@]5(C(=O)NS(=O)(=O)C6(C)CC6)C[C@H]5C=CCC[C@H](C)C[C@@H](C)[C@H](NC(=O)O)C(=O)N4C3)nc(-c3ccc(F)cc3)cc2c1. The number of sulfonamides is 1. The van der Waals surface area contributed by atoms with E-state index in [0.29, 0.717) is 59.9 Å². The Balaban J connectivity index is 1.25. The fourth-order valence-electron chi connectivity index (χ4n) is 8.08. The van der Waals surface area contributed by atoms with Crippen molar-refractivity contribution in [3.05, 3.63) is 66.5 Å². The number of halogens is 1. The third kappa shape index (κ3) is 8.14. The second kappa shape index (κ2) is 15.3. The summed E-state index contributed by atoms with van der Waals surface area (Å²) in [4.78, 5) is 61.1. The first kappa shape index (κ1) is 40.0. The Hall–Kier alpha value is -5.25. The molecular formula is C41H48FN5O9S. The van der Waals surface area contributed by atoms with Crippen molar-refractivity contribution in [2.45, 2.75) is 94.2 Å². The first-order valence-corrected chi connectivity index (χ1v) is 20.8. The van der Waals surface area contributed by atoms with Crippen molar-refractivity contribution < 1.29 is 46.6 Å². The van der Waals surface area contributed by atoms with E-state index in [1.54, 1.807) is 44.2 Å². The Labute approximate surface area is 330 Å². The summed E-state index contributed by atoms with van der Waals surface area (Å²) in [6, 6.07) is 10.5. The minimum absolute atomic E-state index is 0.0587. The van der Waals surface area contributed by atoms with E-state index in [4.69, 9.17) is 14.5 Å². The molecule has 2 aliphatic carbocycles. The summed E-state index contributed by atoms with van der Waals surface area (Å²) >= 11 is 0. The Morgan fingerprint density at radius 1 is 1.07 bits per heavy atom. The zero-order valence-electron chi connectivity index (χ0n) is 32.3. The normalized spacial score (nSPS) is 28.5. The van der Waals surface area contributed by atoms with Crippen molar-refractivity contribution in [1.82, 2.24) is 25.2 Å². The number of carbonyl (C=O) groups is 4. The van der Waals surface area contributed by atoms with Crippen molar-refractivity contribution in [2.75, 3.05) is 13.7 Å². The predicted octanol–water partition coefficient (Wildman–Crippen LogP) is 4.92. The Morgan fingerprint density at radius 2 is 1.81 bits per heavy atom. The van der Waals surface area contributed by atoms with E-state index < -0.39 is 80.0 Å². The molecule has 2 aromatic carbocycles. The molecule has 7 rings (SSSR count). The van der Waals surface area contributed by atoms with Gasteiger partial charge in [0.25, 0.3) is 5.91 Å². The van der Waals surface area contributed by atoms with Gasteiger partial charge in [-0.25, -0.2) is 22.6 Å². The summed E-state index contributed by atoms with van der Waals surface area (Å²) in [6.45, 7) is 5.24. The van der Waals surface area contributed by atoms with E-state index >= 15 is 0 Å². The second-order valence-electron chi connectivity index (χ2n) is 16.3. The van der Waals surface area contributed by atoms with Gasteiger partial charge in [0, 0.05) is 23.3 Å². The van der Waals surface area contributed by atoms with Gasteiger partial charge in [0.05, 0.1) is 24.1 Å². The van der Waals surface area contributed by atoms with Crippen LogP contribution in [-0.4, -0.2) is 89.4 Å². The number of benzene rings is 2. The molecule has 1 aromatic heterocycles. The molecule has 2 saturated carbocycles. The molecule has 4 aliphatic rings. The topological polar surface area (TPSA) is 193 Å². The van der Waals surface area contributed by atoms with Gasteiger partial charge in [-0.05, 0) is 111 Å². The molecule has 4 N–H and O–H groups in total. The third-order valence-electron chi connectivity index (χ3n) is 11.9. The van der Waals surface area contributed by atoms with Gasteiger partial charge >= 0.3 is 6.09 Å². The van der Waals surface area contributed by atoms with Crippen LogP contribution < -0.4 is 24.8 Å². The molecule has 16 heteroatoms. The number of ether oxygens (including phenoxy) is 2. The summed E-state index contributed by atoms with van der Waals surface area (Å²) in [5.41, 5.74) is -0.505. The average molecular weight is 806 g/mol. The van der Waals surface area contributed by atoms with E-state index in [2.05, 4.69) is 15.4 Å². The second-order valence-corrected chi connectivity index (χ2v) is 18.5. The number of carbonyl (C=O) groups excluding carboxylic acids is 3. The van der Waals surface area contributed by atoms with Crippen LogP contribution in [0.2, 0.25) is 0 Å². The van der Waals surface area contributed by atoms with Crippen LogP contribution in [0.1, 0.15) is 65.7 Å². The highest BCUT2D eigenvalue weighted by Gasteiger charge is 2.63. The number of allylic oxidation sites excluding steroid dienone is 1. The minimum atomic E-state index is -4.04. The molecule has 0 radical (unpaired) electrons. The molecule has 14 nitrogen and oxygen atoms in total. The number of methoxy groups -OCH3 is 1. The number of nitrogens with one attached hydrogen (secondary N) is 3. The zero-order valence-corrected chi connectivity index (χ0v) is 33.1. The maximum absolute atomic E-state index is 14.6. The average Bonchev–Trinajstić information content (AvgIpc) is 4.05. The fourth-order valence-corrected chi connectivity index (χ4v) is 9.39. The molecule has 3 fully saturated rings. The van der Waals surface area contributed by atoms with E-state index in [1.807, 2.05) is 25.1 Å². The largest absolute Gasteiger partial charge is 0.497 e. The Morgan fingerprint density at radius 3 is 2.49 bits per heavy atom. The summed E-state index contributed by atoms with van der Waals surface area (Å²) in [7, 11) is -2.50. The number of pyridine rings is 1. The monoisotopic (exact) mass is 805 g/mol. The van der Waals surface area contributed by atoms with Crippen molar-refractivity contribution in [2.24, 2.45) is 17.8 Å². The highest BCUT2D eigenvalue weighted by atomic mass is 32.2. The first-order valence-electron chi connectivity index (χ1n) is 19.3. The molecule has 2 aliphatic heterocycles. The number of hydrogen-bond acceptors (Lipinski definition) is 9. The molecular weight excluding hydrogens is 758 g/mol. The van der Waals surface area contributed by atoms with Gasteiger partial charge in [-0.2, -0.15) is 0 Å². The van der Waals surface area contributed by atoms with Gasteiger partial charge in [-0.1, -0.05) is 26.0 Å². The van der Waals surface area contributed by atoms with Crippen LogP contribution in [0, 0.1) is 23.6 Å². The lowest BCUT2D eigenvalue weighted by Gasteiger charge is -2.32. The van der Waals surface area contributed by atoms with E-state index in [1.165, 1.54) is 24.1 Å². The summed E-state index contributed by atoms with van der Waals surface area (Å²) < 4.78 is 53.4. The molecule has 304 valence electrons. The molecule has 4 amide bonds. The zero-order chi connectivity index (χ0) is 40.9. The van der Waals surface area contributed by atoms with Crippen LogP contribution in [-0.2, 0) is 24.4 Å². The molecule has 0 bridgehead atoms. The molecule has 1 saturated heterocycles. The van der Waals surface area contributed by atoms with Crippen LogP contribution in [0.25, 0.3) is 22.0 Å². The number of fused-ring (bicyclic) bond motifs is 3. The van der Waals surface area contributed by atoms with Gasteiger partial charge in [0.1, 0.15) is 35.3 Å². The van der Waals surface area contributed by atoms with Crippen molar-refractivity contribution in [3.63, 3.8) is 0 Å². The lowest BCUT2D eigenvalue weighted by Crippen LogP contribution is -2.59. The van der Waals surface area contributed by atoms with E-state index in [-0.39, 0.29) is 31.2 Å². The fraction of sp³-hybridized carbons (Fsp3) is 0.488. The summed E-state index contributed by atoms with van der Waals surface area (Å²) in [5, 5.41) is 16.4. The third-order valence-corrected chi connectivity index (χ3v) is 14.1. The number of aromatic nitrogens is 1. The van der Waals surface area contributed by atoms with Crippen molar-refractivity contribution in [1.29, 1.82) is 0 Å². The lowest BCUT2D eigenvalue weighted by molar-refractivity contribution is -0.142. The molecule has 7 atom stereocenters. The highest BCUT2D eigenvalue weighted by Crippen LogP contribution is 2.48. The van der Waals surface area contributed by atoms with Crippen LogP contribution in [0.5, 0.6) is 11.6 Å². The number of amides is 4. The van der Waals surface area contributed by atoms with E-state index in [9.17, 15) is 37.1 Å². The molecule has 3 heterocycles.